The van der Waals surface area contributed by atoms with Crippen LogP contribution in [0, 0.1) is 5.82 Å². The van der Waals surface area contributed by atoms with Gasteiger partial charge in [0.15, 0.2) is 5.96 Å². The van der Waals surface area contributed by atoms with Crippen LogP contribution in [-0.4, -0.2) is 50.1 Å². The van der Waals surface area contributed by atoms with E-state index in [9.17, 15) is 9.18 Å². The Morgan fingerprint density at radius 2 is 1.76 bits per heavy atom. The second kappa shape index (κ2) is 11.0. The molecule has 0 spiro atoms. The minimum atomic E-state index is -0.288. The van der Waals surface area contributed by atoms with E-state index in [-0.39, 0.29) is 17.8 Å². The molecule has 1 amide bonds. The summed E-state index contributed by atoms with van der Waals surface area (Å²) in [6.45, 7) is 5.69. The molecule has 0 saturated heterocycles. The Hall–Kier alpha value is -3.09. The van der Waals surface area contributed by atoms with Crippen LogP contribution in [0.15, 0.2) is 53.5 Å². The van der Waals surface area contributed by atoms with E-state index in [0.717, 1.165) is 12.1 Å². The van der Waals surface area contributed by atoms with Crippen LogP contribution in [0.5, 0.6) is 5.75 Å². The number of nitrogens with one attached hydrogen (secondary N) is 2. The molecule has 1 unspecified atom stereocenters. The second-order valence-corrected chi connectivity index (χ2v) is 6.85. The summed E-state index contributed by atoms with van der Waals surface area (Å²) in [7, 11) is 3.46. The predicted octanol–water partition coefficient (Wildman–Crippen LogP) is 3.05. The Labute approximate surface area is 171 Å². The Morgan fingerprint density at radius 3 is 2.34 bits per heavy atom. The fraction of sp³-hybridized carbons (Fsp3) is 0.364. The molecule has 2 rings (SSSR count). The second-order valence-electron chi connectivity index (χ2n) is 6.85. The normalized spacial score (nSPS) is 12.2. The van der Waals surface area contributed by atoms with Crippen molar-refractivity contribution >= 4 is 11.9 Å². The van der Waals surface area contributed by atoms with Crippen LogP contribution in [0.3, 0.4) is 0 Å². The summed E-state index contributed by atoms with van der Waals surface area (Å²) in [6, 6.07) is 13.4. The Morgan fingerprint density at radius 1 is 1.10 bits per heavy atom. The predicted molar refractivity (Wildman–Crippen MR) is 114 cm³/mol. The van der Waals surface area contributed by atoms with E-state index < -0.39 is 0 Å². The van der Waals surface area contributed by atoms with Crippen LogP contribution >= 0.6 is 0 Å². The number of guanidine groups is 1. The topological polar surface area (TPSA) is 66.0 Å². The van der Waals surface area contributed by atoms with Crippen LogP contribution in [0.4, 0.5) is 4.39 Å². The minimum Gasteiger partial charge on any atom is -0.489 e. The molecule has 0 bridgehead atoms. The number of rotatable bonds is 8. The first-order valence-electron chi connectivity index (χ1n) is 9.64. The van der Waals surface area contributed by atoms with Gasteiger partial charge in [-0.25, -0.2) is 9.38 Å². The van der Waals surface area contributed by atoms with Gasteiger partial charge in [-0.05, 0) is 55.8 Å². The van der Waals surface area contributed by atoms with Gasteiger partial charge in [0.05, 0.1) is 13.1 Å². The number of amides is 1. The number of halogens is 1. The number of hydrogen-bond donors (Lipinski definition) is 2. The van der Waals surface area contributed by atoms with E-state index in [2.05, 4.69) is 15.6 Å². The van der Waals surface area contributed by atoms with Gasteiger partial charge < -0.3 is 20.3 Å². The van der Waals surface area contributed by atoms with E-state index in [4.69, 9.17) is 4.74 Å². The molecule has 1 atom stereocenters. The number of ether oxygens (including phenoxy) is 1. The molecule has 0 heterocycles. The molecule has 2 N–H and O–H groups in total. The fourth-order valence-electron chi connectivity index (χ4n) is 2.55. The summed E-state index contributed by atoms with van der Waals surface area (Å²) in [5.74, 6) is 0.986. The van der Waals surface area contributed by atoms with Gasteiger partial charge in [0.1, 0.15) is 17.7 Å². The lowest BCUT2D eigenvalue weighted by Gasteiger charge is -2.17. The molecule has 29 heavy (non-hydrogen) atoms. The highest BCUT2D eigenvalue weighted by molar-refractivity contribution is 5.93. The maximum Gasteiger partial charge on any atom is 0.253 e. The maximum atomic E-state index is 13.0. The Balaban J connectivity index is 1.90. The first kappa shape index (κ1) is 22.2. The Kier molecular flexibility index (Phi) is 8.45. The van der Waals surface area contributed by atoms with Crippen molar-refractivity contribution in [2.45, 2.75) is 26.5 Å². The number of aliphatic imine (C=N–C) groups is 1. The van der Waals surface area contributed by atoms with Crippen molar-refractivity contribution in [1.29, 1.82) is 0 Å². The highest BCUT2D eigenvalue weighted by Gasteiger charge is 2.08. The van der Waals surface area contributed by atoms with Crippen LogP contribution < -0.4 is 15.4 Å². The molecule has 0 radical (unpaired) electrons. The van der Waals surface area contributed by atoms with Crippen molar-refractivity contribution in [3.8, 4) is 5.75 Å². The summed E-state index contributed by atoms with van der Waals surface area (Å²) in [5, 5.41) is 6.44. The summed E-state index contributed by atoms with van der Waals surface area (Å²) >= 11 is 0. The summed E-state index contributed by atoms with van der Waals surface area (Å²) < 4.78 is 18.7. The molecule has 0 fully saturated rings. The van der Waals surface area contributed by atoms with Gasteiger partial charge in [-0.15, -0.1) is 0 Å². The first-order chi connectivity index (χ1) is 13.9. The molecule has 0 aromatic heterocycles. The lowest BCUT2D eigenvalue weighted by Crippen LogP contribution is -2.41. The monoisotopic (exact) mass is 400 g/mol. The standard InChI is InChI=1S/C22H29FN4O2/c1-5-24-22(25-14-16(2)29-20-12-10-19(23)11-13-20)26-15-17-6-8-18(9-7-17)21(28)27(3)4/h6-13,16H,5,14-15H2,1-4H3,(H2,24,25,26). The molecule has 0 saturated carbocycles. The van der Waals surface area contributed by atoms with Crippen molar-refractivity contribution in [3.63, 3.8) is 0 Å². The number of hydrogen-bond acceptors (Lipinski definition) is 3. The van der Waals surface area contributed by atoms with Crippen molar-refractivity contribution in [2.24, 2.45) is 4.99 Å². The van der Waals surface area contributed by atoms with E-state index in [1.807, 2.05) is 38.1 Å². The van der Waals surface area contributed by atoms with Crippen LogP contribution in [0.1, 0.15) is 29.8 Å². The zero-order chi connectivity index (χ0) is 21.2. The van der Waals surface area contributed by atoms with Gasteiger partial charge in [-0.3, -0.25) is 4.79 Å². The van der Waals surface area contributed by atoms with Crippen molar-refractivity contribution < 1.29 is 13.9 Å². The van der Waals surface area contributed by atoms with Crippen LogP contribution in [-0.2, 0) is 6.54 Å². The smallest absolute Gasteiger partial charge is 0.253 e. The summed E-state index contributed by atoms with van der Waals surface area (Å²) in [5.41, 5.74) is 1.66. The third-order valence-electron chi connectivity index (χ3n) is 4.08. The molecule has 0 aliphatic heterocycles. The van der Waals surface area contributed by atoms with E-state index >= 15 is 0 Å². The molecular weight excluding hydrogens is 371 g/mol. The van der Waals surface area contributed by atoms with Gasteiger partial charge in [-0.1, -0.05) is 12.1 Å². The lowest BCUT2D eigenvalue weighted by molar-refractivity contribution is 0.0827. The molecule has 0 aliphatic carbocycles. The van der Waals surface area contributed by atoms with Gasteiger partial charge in [0.2, 0.25) is 0 Å². The van der Waals surface area contributed by atoms with Gasteiger partial charge in [-0.2, -0.15) is 0 Å². The molecule has 6 nitrogen and oxygen atoms in total. The van der Waals surface area contributed by atoms with E-state index in [0.29, 0.717) is 30.4 Å². The highest BCUT2D eigenvalue weighted by Crippen LogP contribution is 2.12. The molecule has 156 valence electrons. The molecule has 2 aromatic rings. The number of carbonyl (C=O) groups excluding carboxylic acids is 1. The zero-order valence-electron chi connectivity index (χ0n) is 17.4. The maximum absolute atomic E-state index is 13.0. The van der Waals surface area contributed by atoms with Crippen LogP contribution in [0.25, 0.3) is 0 Å². The number of nitrogens with zero attached hydrogens (tertiary/aromatic N) is 2. The van der Waals surface area contributed by atoms with Crippen LogP contribution in [0.2, 0.25) is 0 Å². The minimum absolute atomic E-state index is 0.0230. The van der Waals surface area contributed by atoms with Crippen molar-refractivity contribution in [2.75, 3.05) is 27.2 Å². The Bertz CT molecular complexity index is 805. The van der Waals surface area contributed by atoms with Gasteiger partial charge in [0, 0.05) is 26.2 Å². The lowest BCUT2D eigenvalue weighted by atomic mass is 10.1. The average Bonchev–Trinajstić information content (AvgIpc) is 2.71. The quantitative estimate of drug-likeness (QED) is 0.528. The highest BCUT2D eigenvalue weighted by atomic mass is 19.1. The van der Waals surface area contributed by atoms with E-state index in [1.54, 1.807) is 31.1 Å². The third-order valence-corrected chi connectivity index (χ3v) is 4.08. The average molecular weight is 400 g/mol. The zero-order valence-corrected chi connectivity index (χ0v) is 17.4. The van der Waals surface area contributed by atoms with E-state index in [1.165, 1.54) is 12.1 Å². The van der Waals surface area contributed by atoms with Gasteiger partial charge in [0.25, 0.3) is 5.91 Å². The SMILES string of the molecule is CCNC(=NCc1ccc(C(=O)N(C)C)cc1)NCC(C)Oc1ccc(F)cc1. The van der Waals surface area contributed by atoms with Gasteiger partial charge >= 0.3 is 0 Å². The number of benzene rings is 2. The largest absolute Gasteiger partial charge is 0.489 e. The summed E-state index contributed by atoms with van der Waals surface area (Å²) in [6.07, 6.45) is -0.124. The number of carbonyl (C=O) groups is 1. The van der Waals surface area contributed by atoms with Crippen molar-refractivity contribution in [3.05, 3.63) is 65.5 Å². The fourth-order valence-corrected chi connectivity index (χ4v) is 2.55. The first-order valence-corrected chi connectivity index (χ1v) is 9.64. The summed E-state index contributed by atoms with van der Waals surface area (Å²) in [4.78, 5) is 18.1. The third kappa shape index (κ3) is 7.44. The van der Waals surface area contributed by atoms with Crippen molar-refractivity contribution in [1.82, 2.24) is 15.5 Å². The molecule has 0 aliphatic rings. The molecule has 7 heteroatoms. The molecular formula is C22H29FN4O2. The molecule has 2 aromatic carbocycles.